The fraction of sp³-hybridized carbons (Fsp3) is 0.583. The molecule has 7 heteroatoms. The van der Waals surface area contributed by atoms with Gasteiger partial charge in [0.25, 0.3) is 0 Å². The van der Waals surface area contributed by atoms with Crippen LogP contribution in [0.3, 0.4) is 0 Å². The summed E-state index contributed by atoms with van der Waals surface area (Å²) in [5.41, 5.74) is 4.45. The number of urea groups is 1. The van der Waals surface area contributed by atoms with Crippen molar-refractivity contribution in [2.45, 2.75) is 63.1 Å². The number of aldehydes is 1. The van der Waals surface area contributed by atoms with Crippen LogP contribution in [0.5, 0.6) is 0 Å². The average Bonchev–Trinajstić information content (AvgIpc) is 3.13. The third-order valence-corrected chi connectivity index (χ3v) is 7.74. The summed E-state index contributed by atoms with van der Waals surface area (Å²) in [5.74, 6) is 0.308. The summed E-state index contributed by atoms with van der Waals surface area (Å²) in [6.07, 6.45) is 6.07. The maximum Gasteiger partial charge on any atom is 0.317 e. The predicted molar refractivity (Wildman–Crippen MR) is 127 cm³/mol. The third kappa shape index (κ3) is 3.98. The lowest BCUT2D eigenvalue weighted by atomic mass is 9.73. The van der Waals surface area contributed by atoms with E-state index in [-0.39, 0.29) is 12.1 Å². The SMILES string of the molecule is CCCN1C[C@@H](NC(=O)N(CC)CC)CC2c3cc(C=O)cc4[nH]c(SC)c(c34)C[C@H]21. The van der Waals surface area contributed by atoms with Gasteiger partial charge in [0, 0.05) is 54.1 Å². The molecule has 1 aliphatic carbocycles. The van der Waals surface area contributed by atoms with E-state index in [2.05, 4.69) is 34.4 Å². The molecule has 1 aromatic carbocycles. The number of H-pyrrole nitrogens is 1. The normalized spacial score (nSPS) is 22.9. The molecule has 3 atom stereocenters. The lowest BCUT2D eigenvalue weighted by Gasteiger charge is -2.47. The Morgan fingerprint density at radius 2 is 2.10 bits per heavy atom. The van der Waals surface area contributed by atoms with Gasteiger partial charge < -0.3 is 15.2 Å². The van der Waals surface area contributed by atoms with Crippen molar-refractivity contribution in [3.8, 4) is 0 Å². The second kappa shape index (κ2) is 9.25. The van der Waals surface area contributed by atoms with Gasteiger partial charge in [0.15, 0.2) is 0 Å². The topological polar surface area (TPSA) is 68.4 Å². The number of aromatic nitrogens is 1. The van der Waals surface area contributed by atoms with E-state index < -0.39 is 0 Å². The number of benzene rings is 1. The van der Waals surface area contributed by atoms with Crippen LogP contribution in [-0.4, -0.2) is 71.6 Å². The molecule has 1 fully saturated rings. The molecule has 1 saturated heterocycles. The Bertz CT molecular complexity index is 968. The number of nitrogens with zero attached hydrogens (tertiary/aromatic N) is 2. The number of fused-ring (bicyclic) bond motifs is 2. The number of aromatic amines is 1. The first-order chi connectivity index (χ1) is 15.0. The molecule has 2 amide bonds. The Morgan fingerprint density at radius 3 is 2.74 bits per heavy atom. The van der Waals surface area contributed by atoms with Crippen LogP contribution in [0.15, 0.2) is 17.2 Å². The number of amides is 2. The average molecular weight is 443 g/mol. The number of carbonyl (C=O) groups is 2. The first-order valence-corrected chi connectivity index (χ1v) is 12.7. The second-order valence-electron chi connectivity index (χ2n) is 8.71. The predicted octanol–water partition coefficient (Wildman–Crippen LogP) is 4.25. The number of hydrogen-bond acceptors (Lipinski definition) is 4. The molecule has 0 spiro atoms. The van der Waals surface area contributed by atoms with Gasteiger partial charge in [0.2, 0.25) is 0 Å². The third-order valence-electron chi connectivity index (χ3n) is 6.98. The van der Waals surface area contributed by atoms with E-state index in [1.54, 1.807) is 11.8 Å². The van der Waals surface area contributed by atoms with E-state index in [9.17, 15) is 9.59 Å². The number of hydrogen-bond donors (Lipinski definition) is 2. The van der Waals surface area contributed by atoms with Crippen LogP contribution in [0.4, 0.5) is 4.79 Å². The Labute approximate surface area is 189 Å². The fourth-order valence-corrected chi connectivity index (χ4v) is 6.26. The molecule has 1 aromatic heterocycles. The molecule has 1 unspecified atom stereocenters. The molecule has 1 aliphatic heterocycles. The number of rotatable bonds is 7. The van der Waals surface area contributed by atoms with Crippen LogP contribution in [-0.2, 0) is 6.42 Å². The van der Waals surface area contributed by atoms with Gasteiger partial charge in [-0.15, -0.1) is 11.8 Å². The Morgan fingerprint density at radius 1 is 1.32 bits per heavy atom. The highest BCUT2D eigenvalue weighted by atomic mass is 32.2. The summed E-state index contributed by atoms with van der Waals surface area (Å²) in [4.78, 5) is 32.4. The number of thioether (sulfide) groups is 1. The van der Waals surface area contributed by atoms with Crippen molar-refractivity contribution in [3.63, 3.8) is 0 Å². The van der Waals surface area contributed by atoms with Gasteiger partial charge >= 0.3 is 6.03 Å². The Hall–Kier alpha value is -1.99. The quantitative estimate of drug-likeness (QED) is 0.497. The van der Waals surface area contributed by atoms with Crippen LogP contribution in [0, 0.1) is 0 Å². The van der Waals surface area contributed by atoms with Crippen LogP contribution < -0.4 is 5.32 Å². The molecule has 2 N–H and O–H groups in total. The molecule has 2 aromatic rings. The van der Waals surface area contributed by atoms with Gasteiger partial charge in [-0.3, -0.25) is 9.69 Å². The first-order valence-electron chi connectivity index (χ1n) is 11.5. The molecule has 0 saturated carbocycles. The number of likely N-dealkylation sites (tertiary alicyclic amines) is 1. The van der Waals surface area contributed by atoms with Crippen LogP contribution in [0.2, 0.25) is 0 Å². The number of carbonyl (C=O) groups excluding carboxylic acids is 2. The molecule has 31 heavy (non-hydrogen) atoms. The highest BCUT2D eigenvalue weighted by Gasteiger charge is 2.42. The maximum absolute atomic E-state index is 12.8. The van der Waals surface area contributed by atoms with Crippen molar-refractivity contribution in [2.24, 2.45) is 0 Å². The molecule has 4 rings (SSSR count). The summed E-state index contributed by atoms with van der Waals surface area (Å²) in [6.45, 7) is 9.58. The van der Waals surface area contributed by atoms with Gasteiger partial charge in [-0.1, -0.05) is 6.92 Å². The summed E-state index contributed by atoms with van der Waals surface area (Å²) in [5, 5.41) is 5.82. The van der Waals surface area contributed by atoms with Crippen molar-refractivity contribution in [3.05, 3.63) is 28.8 Å². The molecule has 0 radical (unpaired) electrons. The van der Waals surface area contributed by atoms with Crippen LogP contribution in [0.25, 0.3) is 10.9 Å². The Kier molecular flexibility index (Phi) is 6.63. The van der Waals surface area contributed by atoms with Gasteiger partial charge in [-0.05, 0) is 69.2 Å². The first kappa shape index (κ1) is 22.2. The number of nitrogens with one attached hydrogen (secondary N) is 2. The maximum atomic E-state index is 12.8. The lowest BCUT2D eigenvalue weighted by molar-refractivity contribution is 0.0975. The van der Waals surface area contributed by atoms with Gasteiger partial charge in [0.05, 0.1) is 5.03 Å². The van der Waals surface area contributed by atoms with Crippen molar-refractivity contribution < 1.29 is 9.59 Å². The van der Waals surface area contributed by atoms with Gasteiger partial charge in [-0.25, -0.2) is 4.79 Å². The van der Waals surface area contributed by atoms with E-state index in [0.29, 0.717) is 25.0 Å². The molecule has 2 heterocycles. The largest absolute Gasteiger partial charge is 0.349 e. The molecule has 2 aliphatic rings. The van der Waals surface area contributed by atoms with Gasteiger partial charge in [0.1, 0.15) is 6.29 Å². The summed E-state index contributed by atoms with van der Waals surface area (Å²) < 4.78 is 0. The number of piperidine rings is 1. The molecule has 0 bridgehead atoms. The Balaban J connectivity index is 1.73. The fourth-order valence-electron chi connectivity index (χ4n) is 5.62. The van der Waals surface area contributed by atoms with Crippen LogP contribution >= 0.6 is 11.8 Å². The zero-order chi connectivity index (χ0) is 22.1. The molecule has 168 valence electrons. The van der Waals surface area contributed by atoms with Crippen molar-refractivity contribution in [1.29, 1.82) is 0 Å². The van der Waals surface area contributed by atoms with E-state index >= 15 is 0 Å². The summed E-state index contributed by atoms with van der Waals surface area (Å²) in [6, 6.07) is 4.60. The molecular weight excluding hydrogens is 408 g/mol. The van der Waals surface area contributed by atoms with E-state index in [0.717, 1.165) is 49.7 Å². The van der Waals surface area contributed by atoms with E-state index in [1.165, 1.54) is 21.5 Å². The molecular formula is C24H34N4O2S. The highest BCUT2D eigenvalue weighted by molar-refractivity contribution is 7.98. The van der Waals surface area contributed by atoms with Gasteiger partial charge in [-0.2, -0.15) is 0 Å². The van der Waals surface area contributed by atoms with E-state index in [1.807, 2.05) is 24.8 Å². The zero-order valence-electron chi connectivity index (χ0n) is 19.0. The van der Waals surface area contributed by atoms with Crippen LogP contribution in [0.1, 0.15) is 61.0 Å². The summed E-state index contributed by atoms with van der Waals surface area (Å²) in [7, 11) is 0. The monoisotopic (exact) mass is 442 g/mol. The molecule has 6 nitrogen and oxygen atoms in total. The minimum Gasteiger partial charge on any atom is -0.349 e. The lowest BCUT2D eigenvalue weighted by Crippen LogP contribution is -2.57. The summed E-state index contributed by atoms with van der Waals surface area (Å²) >= 11 is 1.75. The van der Waals surface area contributed by atoms with Crippen molar-refractivity contribution >= 4 is 35.0 Å². The second-order valence-corrected chi connectivity index (χ2v) is 9.53. The highest BCUT2D eigenvalue weighted by Crippen LogP contribution is 2.46. The minimum atomic E-state index is 0.0273. The van der Waals surface area contributed by atoms with Crippen molar-refractivity contribution in [1.82, 2.24) is 20.1 Å². The van der Waals surface area contributed by atoms with E-state index in [4.69, 9.17) is 0 Å². The van der Waals surface area contributed by atoms with Crippen molar-refractivity contribution in [2.75, 3.05) is 32.4 Å². The minimum absolute atomic E-state index is 0.0273. The smallest absolute Gasteiger partial charge is 0.317 e. The zero-order valence-corrected chi connectivity index (χ0v) is 19.8. The standard InChI is InChI=1S/C24H34N4O2S/c1-5-8-28-13-16(25-24(30)27(6-2)7-3)11-17-18-9-15(14-29)10-20-22(18)19(12-21(17)28)23(26-20)31-4/h9-10,14,16-17,21,26H,5-8,11-13H2,1-4H3,(H,25,30)/t16-,17?,21+/m0/s1.